The van der Waals surface area contributed by atoms with E-state index in [0.717, 1.165) is 36.2 Å². The number of hydrogen-bond acceptors (Lipinski definition) is 3. The van der Waals surface area contributed by atoms with Crippen molar-refractivity contribution in [3.63, 3.8) is 0 Å². The lowest BCUT2D eigenvalue weighted by atomic mass is 10.1. The predicted molar refractivity (Wildman–Crippen MR) is 95.5 cm³/mol. The molecule has 1 unspecified atom stereocenters. The van der Waals surface area contributed by atoms with Crippen LogP contribution in [0, 0.1) is 0 Å². The molecule has 1 atom stereocenters. The molecule has 1 aromatic carbocycles. The second kappa shape index (κ2) is 7.59. The molecule has 0 saturated carbocycles. The average molecular weight is 374 g/mol. The fourth-order valence-electron chi connectivity index (χ4n) is 2.84. The van der Waals surface area contributed by atoms with Gasteiger partial charge in [0.25, 0.3) is 0 Å². The van der Waals surface area contributed by atoms with Gasteiger partial charge in [-0.05, 0) is 42.7 Å². The molecule has 0 radical (unpaired) electrons. The number of aromatic nitrogens is 1. The van der Waals surface area contributed by atoms with Crippen LogP contribution in [0.3, 0.4) is 0 Å². The molecule has 1 aliphatic heterocycles. The Morgan fingerprint density at radius 3 is 2.83 bits per heavy atom. The van der Waals surface area contributed by atoms with Crippen LogP contribution in [0.15, 0.2) is 53.1 Å². The third-order valence-corrected chi connectivity index (χ3v) is 4.61. The molecule has 4 nitrogen and oxygen atoms in total. The quantitative estimate of drug-likeness (QED) is 0.875. The minimum Gasteiger partial charge on any atom is -0.354 e. The second-order valence-electron chi connectivity index (χ2n) is 5.81. The molecule has 1 aliphatic rings. The van der Waals surface area contributed by atoms with Crippen molar-refractivity contribution in [3.05, 3.63) is 58.7 Å². The van der Waals surface area contributed by atoms with Gasteiger partial charge in [-0.25, -0.2) is 4.98 Å². The molecule has 5 heteroatoms. The number of hydrogen-bond donors (Lipinski definition) is 1. The van der Waals surface area contributed by atoms with Crippen molar-refractivity contribution in [2.24, 2.45) is 0 Å². The summed E-state index contributed by atoms with van der Waals surface area (Å²) in [6.07, 6.45) is 4.08. The molecule has 0 spiro atoms. The lowest BCUT2D eigenvalue weighted by molar-refractivity contribution is -0.121. The molecule has 23 heavy (non-hydrogen) atoms. The third-order valence-electron chi connectivity index (χ3n) is 4.08. The van der Waals surface area contributed by atoms with Crippen molar-refractivity contribution in [1.29, 1.82) is 0 Å². The Labute approximate surface area is 145 Å². The summed E-state index contributed by atoms with van der Waals surface area (Å²) in [7, 11) is 0. The third kappa shape index (κ3) is 4.55. The highest BCUT2D eigenvalue weighted by atomic mass is 79.9. The van der Waals surface area contributed by atoms with E-state index in [-0.39, 0.29) is 11.9 Å². The fraction of sp³-hybridized carbons (Fsp3) is 0.333. The van der Waals surface area contributed by atoms with Crippen LogP contribution in [-0.2, 0) is 11.2 Å². The van der Waals surface area contributed by atoms with Crippen LogP contribution in [0.5, 0.6) is 0 Å². The first-order chi connectivity index (χ1) is 11.2. The van der Waals surface area contributed by atoms with Gasteiger partial charge in [0.1, 0.15) is 5.82 Å². The van der Waals surface area contributed by atoms with Gasteiger partial charge in [-0.2, -0.15) is 0 Å². The van der Waals surface area contributed by atoms with Gasteiger partial charge in [-0.1, -0.05) is 34.1 Å². The Balaban J connectivity index is 1.45. The first-order valence-corrected chi connectivity index (χ1v) is 8.70. The highest BCUT2D eigenvalue weighted by molar-refractivity contribution is 9.10. The summed E-state index contributed by atoms with van der Waals surface area (Å²) in [5.74, 6) is 1.11. The molecule has 0 bridgehead atoms. The number of benzene rings is 1. The Bertz CT molecular complexity index is 645. The van der Waals surface area contributed by atoms with Gasteiger partial charge < -0.3 is 10.2 Å². The summed E-state index contributed by atoms with van der Waals surface area (Å²) in [5.41, 5.74) is 1.19. The van der Waals surface area contributed by atoms with E-state index in [2.05, 4.69) is 43.3 Å². The Morgan fingerprint density at radius 2 is 2.09 bits per heavy atom. The number of carbonyl (C=O) groups is 1. The zero-order chi connectivity index (χ0) is 16.1. The van der Waals surface area contributed by atoms with Crippen molar-refractivity contribution in [2.45, 2.75) is 25.3 Å². The second-order valence-corrected chi connectivity index (χ2v) is 6.73. The van der Waals surface area contributed by atoms with Gasteiger partial charge in [0.05, 0.1) is 0 Å². The highest BCUT2D eigenvalue weighted by Gasteiger charge is 2.24. The normalized spacial score (nSPS) is 17.3. The molecule has 1 fully saturated rings. The van der Waals surface area contributed by atoms with E-state index in [4.69, 9.17) is 0 Å². The van der Waals surface area contributed by atoms with Crippen LogP contribution in [0.25, 0.3) is 0 Å². The number of aryl methyl sites for hydroxylation is 1. The molecule has 2 aromatic rings. The maximum atomic E-state index is 12.1. The topological polar surface area (TPSA) is 45.2 Å². The first-order valence-electron chi connectivity index (χ1n) is 7.90. The standard InChI is InChI=1S/C18H20BrN3O/c19-15-7-4-14(5-8-15)6-9-18(23)21-16-10-12-22(13-16)17-3-1-2-11-20-17/h1-5,7-8,11,16H,6,9-10,12-13H2,(H,21,23). The van der Waals surface area contributed by atoms with E-state index < -0.39 is 0 Å². The maximum Gasteiger partial charge on any atom is 0.220 e. The maximum absolute atomic E-state index is 12.1. The Hall–Kier alpha value is -1.88. The van der Waals surface area contributed by atoms with E-state index in [9.17, 15) is 4.79 Å². The number of rotatable bonds is 5. The molecule has 1 aromatic heterocycles. The van der Waals surface area contributed by atoms with Crippen molar-refractivity contribution in [2.75, 3.05) is 18.0 Å². The van der Waals surface area contributed by atoms with E-state index in [1.807, 2.05) is 30.3 Å². The number of nitrogens with one attached hydrogen (secondary N) is 1. The number of anilines is 1. The van der Waals surface area contributed by atoms with Crippen molar-refractivity contribution in [1.82, 2.24) is 10.3 Å². The van der Waals surface area contributed by atoms with E-state index in [1.54, 1.807) is 6.20 Å². The SMILES string of the molecule is O=C(CCc1ccc(Br)cc1)NC1CCN(c2ccccn2)C1. The largest absolute Gasteiger partial charge is 0.354 e. The summed E-state index contributed by atoms with van der Waals surface area (Å²) in [4.78, 5) is 18.7. The molecular formula is C18H20BrN3O. The van der Waals surface area contributed by atoms with Crippen LogP contribution in [-0.4, -0.2) is 30.0 Å². The number of pyridine rings is 1. The summed E-state index contributed by atoms with van der Waals surface area (Å²) in [6, 6.07) is 14.3. The number of nitrogens with zero attached hydrogens (tertiary/aromatic N) is 2. The highest BCUT2D eigenvalue weighted by Crippen LogP contribution is 2.17. The van der Waals surface area contributed by atoms with Gasteiger partial charge in [0.15, 0.2) is 0 Å². The number of carbonyl (C=O) groups excluding carboxylic acids is 1. The zero-order valence-corrected chi connectivity index (χ0v) is 14.5. The van der Waals surface area contributed by atoms with Crippen LogP contribution >= 0.6 is 15.9 Å². The monoisotopic (exact) mass is 373 g/mol. The Morgan fingerprint density at radius 1 is 1.26 bits per heavy atom. The van der Waals surface area contributed by atoms with Crippen molar-refractivity contribution >= 4 is 27.7 Å². The predicted octanol–water partition coefficient (Wildman–Crippen LogP) is 3.17. The van der Waals surface area contributed by atoms with E-state index >= 15 is 0 Å². The number of amides is 1. The molecule has 3 rings (SSSR count). The molecule has 1 amide bonds. The van der Waals surface area contributed by atoms with Gasteiger partial charge in [0.2, 0.25) is 5.91 Å². The van der Waals surface area contributed by atoms with Gasteiger partial charge in [-0.3, -0.25) is 4.79 Å². The van der Waals surface area contributed by atoms with Gasteiger partial charge in [-0.15, -0.1) is 0 Å². The van der Waals surface area contributed by atoms with Crippen LogP contribution in [0.4, 0.5) is 5.82 Å². The lowest BCUT2D eigenvalue weighted by Crippen LogP contribution is -2.37. The van der Waals surface area contributed by atoms with Gasteiger partial charge in [0, 0.05) is 36.2 Å². The summed E-state index contributed by atoms with van der Waals surface area (Å²) < 4.78 is 1.06. The average Bonchev–Trinajstić information content (AvgIpc) is 3.04. The molecule has 1 N–H and O–H groups in total. The van der Waals surface area contributed by atoms with Crippen LogP contribution in [0.2, 0.25) is 0 Å². The first kappa shape index (κ1) is 16.0. The summed E-state index contributed by atoms with van der Waals surface area (Å²) in [6.45, 7) is 1.77. The molecule has 2 heterocycles. The lowest BCUT2D eigenvalue weighted by Gasteiger charge is -2.17. The Kier molecular flexibility index (Phi) is 5.28. The van der Waals surface area contributed by atoms with Gasteiger partial charge >= 0.3 is 0 Å². The molecular weight excluding hydrogens is 354 g/mol. The minimum absolute atomic E-state index is 0.126. The number of halogens is 1. The zero-order valence-electron chi connectivity index (χ0n) is 12.9. The molecule has 0 aliphatic carbocycles. The smallest absolute Gasteiger partial charge is 0.220 e. The van der Waals surface area contributed by atoms with Crippen LogP contribution < -0.4 is 10.2 Å². The van der Waals surface area contributed by atoms with Crippen molar-refractivity contribution < 1.29 is 4.79 Å². The van der Waals surface area contributed by atoms with Crippen molar-refractivity contribution in [3.8, 4) is 0 Å². The minimum atomic E-state index is 0.126. The van der Waals surface area contributed by atoms with E-state index in [0.29, 0.717) is 6.42 Å². The van der Waals surface area contributed by atoms with E-state index in [1.165, 1.54) is 5.56 Å². The summed E-state index contributed by atoms with van der Waals surface area (Å²) in [5, 5.41) is 3.14. The fourth-order valence-corrected chi connectivity index (χ4v) is 3.10. The molecule has 120 valence electrons. The van der Waals surface area contributed by atoms with Crippen LogP contribution in [0.1, 0.15) is 18.4 Å². The summed E-state index contributed by atoms with van der Waals surface area (Å²) >= 11 is 3.42. The molecule has 1 saturated heterocycles.